The second kappa shape index (κ2) is 13.8. The molecule has 49 heavy (non-hydrogen) atoms. The number of carbonyl (C=O) groups excluding carboxylic acids is 3. The monoisotopic (exact) mass is 680 g/mol. The summed E-state index contributed by atoms with van der Waals surface area (Å²) < 4.78 is 6.89. The Balaban J connectivity index is 1.40. The van der Waals surface area contributed by atoms with Crippen LogP contribution >= 0.6 is 0 Å². The van der Waals surface area contributed by atoms with Gasteiger partial charge in [-0.1, -0.05) is 73.7 Å². The van der Waals surface area contributed by atoms with Crippen molar-refractivity contribution < 1.29 is 29.0 Å². The molecule has 3 amide bonds. The Bertz CT molecular complexity index is 1760. The predicted molar refractivity (Wildman–Crippen MR) is 191 cm³/mol. The number of fused-ring (bicyclic) bond motifs is 2. The maximum Gasteiger partial charge on any atom is 0.264 e. The average molecular weight is 681 g/mol. The zero-order chi connectivity index (χ0) is 34.9. The van der Waals surface area contributed by atoms with Crippen LogP contribution in [0.1, 0.15) is 42.9 Å². The van der Waals surface area contributed by atoms with Crippen LogP contribution in [0.4, 0.5) is 11.4 Å². The molecule has 0 saturated carbocycles. The van der Waals surface area contributed by atoms with E-state index in [2.05, 4.69) is 6.58 Å². The molecule has 1 spiro atoms. The topological polar surface area (TPSA) is 123 Å². The minimum atomic E-state index is -3.06. The van der Waals surface area contributed by atoms with Crippen molar-refractivity contribution in [1.29, 1.82) is 0 Å². The molecule has 0 aromatic heterocycles. The molecule has 3 aromatic rings. The smallest absolute Gasteiger partial charge is 0.264 e. The molecular formula is C38H44N4O6Si. The maximum atomic E-state index is 14.6. The zero-order valence-electron chi connectivity index (χ0n) is 28.3. The molecule has 11 heteroatoms. The van der Waals surface area contributed by atoms with Gasteiger partial charge in [-0.15, -0.1) is 6.58 Å². The Kier molecular flexibility index (Phi) is 9.72. The first-order chi connectivity index (χ1) is 23.5. The molecule has 4 atom stereocenters. The van der Waals surface area contributed by atoms with Gasteiger partial charge in [-0.2, -0.15) is 5.10 Å². The standard InChI is InChI=1S/C38H44N4O6Si/c1-5-20-41-32-18-16-29(42-34(44)19-17-31(39-42)28-14-10-7-11-15-28)23-30(32)38(37(41)46)26(2)36(49(3,4)47)33(48-38)24-35(45)40(21-22-43)25-27-12-8-6-9-13-27/h5-16,18,23,26,33,36,43,47H,1,17,19-22,24-25H2,2-4H3/t26-,33+,36-,38+/m0/s1. The Morgan fingerprint density at radius 2 is 1.78 bits per heavy atom. The van der Waals surface area contributed by atoms with E-state index in [1.165, 1.54) is 5.01 Å². The fourth-order valence-corrected chi connectivity index (χ4v) is 10.4. The van der Waals surface area contributed by atoms with Crippen molar-refractivity contribution in [3.05, 3.63) is 108 Å². The summed E-state index contributed by atoms with van der Waals surface area (Å²) in [5, 5.41) is 16.0. The molecule has 1 fully saturated rings. The van der Waals surface area contributed by atoms with Crippen LogP contribution in [0.25, 0.3) is 0 Å². The van der Waals surface area contributed by atoms with Crippen molar-refractivity contribution in [1.82, 2.24) is 4.90 Å². The van der Waals surface area contributed by atoms with Gasteiger partial charge >= 0.3 is 0 Å². The van der Waals surface area contributed by atoms with Crippen LogP contribution in [0.3, 0.4) is 0 Å². The second-order valence-corrected chi connectivity index (χ2v) is 17.6. The lowest BCUT2D eigenvalue weighted by Gasteiger charge is -2.33. The molecule has 10 nitrogen and oxygen atoms in total. The van der Waals surface area contributed by atoms with Crippen LogP contribution in [0.2, 0.25) is 18.6 Å². The normalized spacial score (nSPS) is 23.5. The van der Waals surface area contributed by atoms with E-state index in [4.69, 9.17) is 9.84 Å². The largest absolute Gasteiger partial charge is 0.432 e. The summed E-state index contributed by atoms with van der Waals surface area (Å²) in [6, 6.07) is 24.7. The van der Waals surface area contributed by atoms with Crippen molar-refractivity contribution >= 4 is 43.1 Å². The number of ether oxygens (including phenoxy) is 1. The van der Waals surface area contributed by atoms with Gasteiger partial charge < -0.3 is 24.4 Å². The minimum Gasteiger partial charge on any atom is -0.432 e. The number of benzene rings is 3. The number of aliphatic hydroxyl groups is 1. The molecular weight excluding hydrogens is 637 g/mol. The molecule has 0 aliphatic carbocycles. The van der Waals surface area contributed by atoms with E-state index in [9.17, 15) is 24.3 Å². The Morgan fingerprint density at radius 3 is 2.43 bits per heavy atom. The van der Waals surface area contributed by atoms with Gasteiger partial charge in [0.25, 0.3) is 5.91 Å². The van der Waals surface area contributed by atoms with E-state index in [0.29, 0.717) is 29.9 Å². The SMILES string of the molecule is C=CCN1C(=O)[C@]2(O[C@H](CC(=O)N(CCO)Cc3ccccc3)[C@@H]([Si](C)(C)O)[C@@H]2C)c2cc(N3N=C(c4ccccc4)CCC3=O)ccc21. The Morgan fingerprint density at radius 1 is 1.08 bits per heavy atom. The molecule has 3 aromatic carbocycles. The number of carbonyl (C=O) groups is 3. The number of hydrazone groups is 1. The zero-order valence-corrected chi connectivity index (χ0v) is 29.3. The molecule has 0 unspecified atom stereocenters. The number of rotatable bonds is 11. The van der Waals surface area contributed by atoms with E-state index in [0.717, 1.165) is 16.8 Å². The predicted octanol–water partition coefficient (Wildman–Crippen LogP) is 4.96. The number of hydrogen-bond acceptors (Lipinski definition) is 7. The van der Waals surface area contributed by atoms with Gasteiger partial charge in [0.15, 0.2) is 13.9 Å². The second-order valence-electron chi connectivity index (χ2n) is 13.6. The summed E-state index contributed by atoms with van der Waals surface area (Å²) in [7, 11) is -3.06. The van der Waals surface area contributed by atoms with Gasteiger partial charge in [0, 0.05) is 49.5 Å². The summed E-state index contributed by atoms with van der Waals surface area (Å²) in [6.07, 6.45) is 1.62. The first kappa shape index (κ1) is 34.4. The first-order valence-corrected chi connectivity index (χ1v) is 19.9. The average Bonchev–Trinajstić information content (AvgIpc) is 3.51. The van der Waals surface area contributed by atoms with Gasteiger partial charge in [-0.05, 0) is 42.4 Å². The van der Waals surface area contributed by atoms with Crippen LogP contribution in [-0.4, -0.2) is 72.4 Å². The highest BCUT2D eigenvalue weighted by atomic mass is 28.4. The van der Waals surface area contributed by atoms with Crippen LogP contribution in [0, 0.1) is 5.92 Å². The highest BCUT2D eigenvalue weighted by molar-refractivity contribution is 6.71. The van der Waals surface area contributed by atoms with Crippen LogP contribution < -0.4 is 9.91 Å². The Labute approximate surface area is 288 Å². The number of aliphatic hydroxyl groups excluding tert-OH is 1. The van der Waals surface area contributed by atoms with E-state index in [1.807, 2.05) is 92.8 Å². The van der Waals surface area contributed by atoms with Gasteiger partial charge in [-0.25, -0.2) is 5.01 Å². The van der Waals surface area contributed by atoms with Gasteiger partial charge in [0.05, 0.1) is 36.2 Å². The third-order valence-corrected chi connectivity index (χ3v) is 12.5. The van der Waals surface area contributed by atoms with Gasteiger partial charge in [-0.3, -0.25) is 14.4 Å². The minimum absolute atomic E-state index is 0.0698. The first-order valence-electron chi connectivity index (χ1n) is 16.9. The van der Waals surface area contributed by atoms with Crippen molar-refractivity contribution in [3.8, 4) is 0 Å². The van der Waals surface area contributed by atoms with E-state index >= 15 is 0 Å². The number of anilines is 2. The molecule has 6 rings (SSSR count). The lowest BCUT2D eigenvalue weighted by atomic mass is 9.82. The summed E-state index contributed by atoms with van der Waals surface area (Å²) in [5.41, 5.74) is 2.38. The van der Waals surface area contributed by atoms with Crippen LogP contribution in [-0.2, 0) is 31.3 Å². The third-order valence-electron chi connectivity index (χ3n) is 9.98. The van der Waals surface area contributed by atoms with Crippen LogP contribution in [0.15, 0.2) is 96.6 Å². The lowest BCUT2D eigenvalue weighted by molar-refractivity contribution is -0.149. The number of amides is 3. The molecule has 1 saturated heterocycles. The number of nitrogens with zero attached hydrogens (tertiary/aromatic N) is 4. The fourth-order valence-electron chi connectivity index (χ4n) is 7.82. The molecule has 256 valence electrons. The fraction of sp³-hybridized carbons (Fsp3) is 0.368. The third kappa shape index (κ3) is 6.39. The molecule has 3 aliphatic rings. The highest BCUT2D eigenvalue weighted by Gasteiger charge is 2.66. The molecule has 2 N–H and O–H groups in total. The summed E-state index contributed by atoms with van der Waals surface area (Å²) in [4.78, 5) is 56.7. The van der Waals surface area contributed by atoms with Gasteiger partial charge in [0.1, 0.15) is 0 Å². The molecule has 3 aliphatic heterocycles. The highest BCUT2D eigenvalue weighted by Crippen LogP contribution is 2.60. The summed E-state index contributed by atoms with van der Waals surface area (Å²) in [6.45, 7) is 9.89. The van der Waals surface area contributed by atoms with Crippen molar-refractivity contribution in [2.24, 2.45) is 11.0 Å². The molecule has 3 heterocycles. The van der Waals surface area contributed by atoms with Gasteiger partial charge in [0.2, 0.25) is 11.8 Å². The quantitative estimate of drug-likeness (QED) is 0.218. The van der Waals surface area contributed by atoms with Crippen LogP contribution in [0.5, 0.6) is 0 Å². The summed E-state index contributed by atoms with van der Waals surface area (Å²) >= 11 is 0. The van der Waals surface area contributed by atoms with E-state index < -0.39 is 31.5 Å². The Hall–Kier alpha value is -4.42. The molecule has 0 bridgehead atoms. The number of hydrogen-bond donors (Lipinski definition) is 2. The van der Waals surface area contributed by atoms with Crippen molar-refractivity contribution in [2.75, 3.05) is 29.6 Å². The summed E-state index contributed by atoms with van der Waals surface area (Å²) in [5.74, 6) is -1.19. The van der Waals surface area contributed by atoms with E-state index in [1.54, 1.807) is 21.9 Å². The maximum absolute atomic E-state index is 14.6. The van der Waals surface area contributed by atoms with E-state index in [-0.39, 0.29) is 50.3 Å². The molecule has 0 radical (unpaired) electrons. The lowest BCUT2D eigenvalue weighted by Crippen LogP contribution is -2.46. The van der Waals surface area contributed by atoms with Crippen molar-refractivity contribution in [3.63, 3.8) is 0 Å². The van der Waals surface area contributed by atoms with Crippen molar-refractivity contribution in [2.45, 2.75) is 63.1 Å².